The van der Waals surface area contributed by atoms with Gasteiger partial charge in [0.05, 0.1) is 0 Å². The molecule has 0 aromatic carbocycles. The van der Waals surface area contributed by atoms with Gasteiger partial charge in [0.25, 0.3) is 0 Å². The van der Waals surface area contributed by atoms with Gasteiger partial charge >= 0.3 is 12.7 Å². The smallest absolute Gasteiger partial charge is 0.378 e. The number of aliphatic hydroxyl groups excluding tert-OH is 1. The second-order valence-corrected chi connectivity index (χ2v) is 1.35. The van der Waals surface area contributed by atoms with Crippen molar-refractivity contribution in [1.82, 2.24) is 0 Å². The molecule has 0 heterocycles. The Morgan fingerprint density at radius 1 is 0.750 bits per heavy atom. The van der Waals surface area contributed by atoms with E-state index in [1.165, 1.54) is 0 Å². The summed E-state index contributed by atoms with van der Waals surface area (Å²) in [6, 6.07) is 0. The van der Waals surface area contributed by atoms with Crippen molar-refractivity contribution in [3.8, 4) is 0 Å². The van der Waals surface area contributed by atoms with Gasteiger partial charge in [-0.3, -0.25) is 0 Å². The van der Waals surface area contributed by atoms with Crippen molar-refractivity contribution < 1.29 is 85.7 Å². The summed E-state index contributed by atoms with van der Waals surface area (Å²) in [6.45, 7) is 0. The SMILES string of the molecule is OC(F)(F)F.OC(F)(F)F.[B]C(O)O.[Zn].[Zn]. The zero-order valence-corrected chi connectivity index (χ0v) is 13.6. The Labute approximate surface area is 113 Å². The van der Waals surface area contributed by atoms with Crippen molar-refractivity contribution in [3.63, 3.8) is 0 Å². The van der Waals surface area contributed by atoms with E-state index in [1.54, 1.807) is 0 Å². The predicted molar refractivity (Wildman–Crippen MR) is 30.5 cm³/mol. The van der Waals surface area contributed by atoms with Gasteiger partial charge < -0.3 is 20.4 Å². The Hall–Kier alpha value is 0.732. The van der Waals surface area contributed by atoms with Crippen LogP contribution in [0.4, 0.5) is 26.3 Å². The van der Waals surface area contributed by atoms with Crippen LogP contribution in [0.1, 0.15) is 0 Å². The summed E-state index contributed by atoms with van der Waals surface area (Å²) in [5, 5.41) is 27.8. The average Bonchev–Trinajstić information content (AvgIpc) is 1.45. The number of hydrogen-bond acceptors (Lipinski definition) is 4. The Bertz CT molecular complexity index is 103. The third kappa shape index (κ3) is 5190. The van der Waals surface area contributed by atoms with Gasteiger partial charge in [-0.1, -0.05) is 0 Å². The molecule has 0 aliphatic heterocycles. The van der Waals surface area contributed by atoms with E-state index < -0.39 is 18.9 Å². The van der Waals surface area contributed by atoms with Crippen LogP contribution >= 0.6 is 0 Å². The van der Waals surface area contributed by atoms with Crippen molar-refractivity contribution in [1.29, 1.82) is 0 Å². The minimum absolute atomic E-state index is 0. The maximum Gasteiger partial charge on any atom is 0.519 e. The molecule has 0 fully saturated rings. The minimum atomic E-state index is -5.00. The molecule has 0 aromatic rings. The summed E-state index contributed by atoms with van der Waals surface area (Å²) in [4.78, 5) is 0. The van der Waals surface area contributed by atoms with E-state index >= 15 is 0 Å². The summed E-state index contributed by atoms with van der Waals surface area (Å²) in [6.07, 6.45) is -11.7. The van der Waals surface area contributed by atoms with Crippen LogP contribution in [0.25, 0.3) is 0 Å². The second kappa shape index (κ2) is 13.8. The summed E-state index contributed by atoms with van der Waals surface area (Å²) in [5.41, 5.74) is 0. The number of hydrogen-bond donors (Lipinski definition) is 4. The minimum Gasteiger partial charge on any atom is -0.378 e. The fraction of sp³-hybridized carbons (Fsp3) is 1.00. The molecule has 0 amide bonds. The first-order chi connectivity index (χ1) is 5.73. The van der Waals surface area contributed by atoms with E-state index in [1.807, 2.05) is 0 Å². The predicted octanol–water partition coefficient (Wildman–Crippen LogP) is -0.585. The number of rotatable bonds is 0. The third-order valence-electron chi connectivity index (χ3n) is 0. The van der Waals surface area contributed by atoms with E-state index in [-0.39, 0.29) is 39.0 Å². The van der Waals surface area contributed by atoms with Crippen LogP contribution in [0.3, 0.4) is 0 Å². The Kier molecular flexibility index (Phi) is 25.9. The Morgan fingerprint density at radius 3 is 0.750 bits per heavy atom. The molecule has 2 radical (unpaired) electrons. The topological polar surface area (TPSA) is 80.9 Å². The van der Waals surface area contributed by atoms with Crippen LogP contribution in [0.2, 0.25) is 0 Å². The molecule has 0 bridgehead atoms. The number of halogens is 6. The van der Waals surface area contributed by atoms with Gasteiger partial charge in [-0.05, 0) is 0 Å². The van der Waals surface area contributed by atoms with Crippen LogP contribution in [0.5, 0.6) is 0 Å². The zero-order chi connectivity index (χ0) is 12.6. The summed E-state index contributed by atoms with van der Waals surface area (Å²) < 4.78 is 59.5. The van der Waals surface area contributed by atoms with Crippen molar-refractivity contribution in [2.45, 2.75) is 18.9 Å². The monoisotopic (exact) mass is 358 g/mol. The quantitative estimate of drug-likeness (QED) is 0.265. The summed E-state index contributed by atoms with van der Waals surface area (Å²) in [7, 11) is 4.22. The molecule has 0 saturated carbocycles. The largest absolute Gasteiger partial charge is 0.519 e. The molecule has 4 nitrogen and oxygen atoms in total. The van der Waals surface area contributed by atoms with E-state index in [2.05, 4.69) is 7.85 Å². The van der Waals surface area contributed by atoms with Crippen molar-refractivity contribution in [2.24, 2.45) is 0 Å². The molecule has 0 spiro atoms. The zero-order valence-electron chi connectivity index (χ0n) is 7.63. The molecular formula is C3H5BF6O4Zn2. The maximum absolute atomic E-state index is 9.91. The normalized spacial score (nSPS) is 9.69. The second-order valence-electron chi connectivity index (χ2n) is 1.35. The fourth-order valence-electron chi connectivity index (χ4n) is 0. The van der Waals surface area contributed by atoms with Crippen LogP contribution < -0.4 is 0 Å². The van der Waals surface area contributed by atoms with Gasteiger partial charge in [0.15, 0.2) is 0 Å². The summed E-state index contributed by atoms with van der Waals surface area (Å²) >= 11 is 0. The molecule has 0 aromatic heterocycles. The first-order valence-corrected chi connectivity index (χ1v) is 2.43. The van der Waals surface area contributed by atoms with Gasteiger partial charge in [0.1, 0.15) is 14.0 Å². The van der Waals surface area contributed by atoms with E-state index in [0.29, 0.717) is 0 Å². The fourth-order valence-corrected chi connectivity index (χ4v) is 0. The molecule has 0 rings (SSSR count). The van der Waals surface area contributed by atoms with E-state index in [0.717, 1.165) is 0 Å². The van der Waals surface area contributed by atoms with Gasteiger partial charge in [0.2, 0.25) is 0 Å². The summed E-state index contributed by atoms with van der Waals surface area (Å²) in [5.74, 6) is 0. The Balaban J connectivity index is -0.0000000358. The molecule has 4 N–H and O–H groups in total. The van der Waals surface area contributed by atoms with E-state index in [9.17, 15) is 26.3 Å². The number of alkyl halides is 6. The van der Waals surface area contributed by atoms with Gasteiger partial charge in [0, 0.05) is 39.0 Å². The molecule has 90 valence electrons. The average molecular weight is 361 g/mol. The van der Waals surface area contributed by atoms with E-state index in [4.69, 9.17) is 20.4 Å². The molecule has 0 unspecified atom stereocenters. The van der Waals surface area contributed by atoms with Gasteiger partial charge in [-0.15, -0.1) is 26.3 Å². The van der Waals surface area contributed by atoms with Crippen LogP contribution in [0, 0.1) is 0 Å². The maximum atomic E-state index is 9.91. The molecule has 0 aliphatic rings. The van der Waals surface area contributed by atoms with Crippen LogP contribution in [0.15, 0.2) is 0 Å². The van der Waals surface area contributed by atoms with Crippen molar-refractivity contribution in [3.05, 3.63) is 0 Å². The Morgan fingerprint density at radius 2 is 0.750 bits per heavy atom. The third-order valence-corrected chi connectivity index (χ3v) is 0. The standard InChI is InChI=1S/CH3BO2.2CHF3O.2Zn/c2-1(3)4;2*2-1(3,4)5;;/h1,3-4H;2*5H;;. The molecule has 0 atom stereocenters. The molecule has 0 aliphatic carbocycles. The molecule has 0 saturated heterocycles. The van der Waals surface area contributed by atoms with Gasteiger partial charge in [-0.25, -0.2) is 0 Å². The van der Waals surface area contributed by atoms with Crippen LogP contribution in [-0.4, -0.2) is 47.2 Å². The molecular weight excluding hydrogens is 356 g/mol. The van der Waals surface area contributed by atoms with Crippen molar-refractivity contribution in [2.75, 3.05) is 0 Å². The van der Waals surface area contributed by atoms with Crippen molar-refractivity contribution >= 4 is 7.85 Å². The van der Waals surface area contributed by atoms with Gasteiger partial charge in [-0.2, -0.15) is 0 Å². The first-order valence-electron chi connectivity index (χ1n) is 2.43. The molecule has 16 heavy (non-hydrogen) atoms. The van der Waals surface area contributed by atoms with Crippen LogP contribution in [-0.2, 0) is 39.0 Å². The first kappa shape index (κ1) is 30.1. The molecule has 13 heteroatoms. The number of aliphatic hydroxyl groups is 4.